The molecule has 1 heteroatoms. The first-order chi connectivity index (χ1) is 6.61. The van der Waals surface area contributed by atoms with E-state index < -0.39 is 0 Å². The van der Waals surface area contributed by atoms with Crippen LogP contribution in [-0.4, -0.2) is 5.78 Å². The van der Waals surface area contributed by atoms with E-state index in [1.165, 1.54) is 6.92 Å². The Morgan fingerprint density at radius 2 is 1.79 bits per heavy atom. The topological polar surface area (TPSA) is 17.1 Å². The zero-order chi connectivity index (χ0) is 10.6. The van der Waals surface area contributed by atoms with Crippen LogP contribution in [0.3, 0.4) is 0 Å². The Labute approximate surface area is 84.8 Å². The van der Waals surface area contributed by atoms with Gasteiger partial charge in [0.2, 0.25) is 0 Å². The van der Waals surface area contributed by atoms with Crippen molar-refractivity contribution in [3.05, 3.63) is 60.2 Å². The van der Waals surface area contributed by atoms with Gasteiger partial charge in [0.15, 0.2) is 5.78 Å². The van der Waals surface area contributed by atoms with E-state index in [0.717, 1.165) is 11.1 Å². The Kier molecular flexibility index (Phi) is 3.41. The van der Waals surface area contributed by atoms with E-state index in [9.17, 15) is 4.79 Å². The minimum Gasteiger partial charge on any atom is -0.295 e. The standard InChI is InChI=1S/C13H14O/c1-10(11(2)12(3)14)9-13-7-5-4-6-8-13/h4-8H,1-2,9H2,3H3. The molecule has 0 fully saturated rings. The molecule has 0 unspecified atom stereocenters. The minimum absolute atomic E-state index is 0.00840. The van der Waals surface area contributed by atoms with Gasteiger partial charge in [0.25, 0.3) is 0 Å². The zero-order valence-electron chi connectivity index (χ0n) is 8.42. The monoisotopic (exact) mass is 186 g/mol. The molecule has 0 saturated heterocycles. The van der Waals surface area contributed by atoms with Gasteiger partial charge in [0.1, 0.15) is 0 Å². The molecule has 1 aromatic rings. The molecule has 0 radical (unpaired) electrons. The molecule has 0 amide bonds. The van der Waals surface area contributed by atoms with E-state index in [1.807, 2.05) is 30.3 Å². The van der Waals surface area contributed by atoms with Crippen molar-refractivity contribution in [3.8, 4) is 0 Å². The Hall–Kier alpha value is -1.63. The molecule has 0 atom stereocenters. The number of rotatable bonds is 4. The van der Waals surface area contributed by atoms with E-state index in [4.69, 9.17) is 0 Å². The second-order valence-corrected chi connectivity index (χ2v) is 3.30. The summed E-state index contributed by atoms with van der Waals surface area (Å²) >= 11 is 0. The third-order valence-electron chi connectivity index (χ3n) is 2.11. The summed E-state index contributed by atoms with van der Waals surface area (Å²) in [4.78, 5) is 11.0. The first-order valence-corrected chi connectivity index (χ1v) is 4.53. The average molecular weight is 186 g/mol. The Bertz CT molecular complexity index is 360. The summed E-state index contributed by atoms with van der Waals surface area (Å²) < 4.78 is 0. The van der Waals surface area contributed by atoms with Gasteiger partial charge >= 0.3 is 0 Å². The molecule has 1 nitrogen and oxygen atoms in total. The number of Topliss-reactive ketones (excluding diaryl/α,β-unsaturated/α-hetero) is 1. The summed E-state index contributed by atoms with van der Waals surface area (Å²) in [6.07, 6.45) is 0.694. The molecule has 0 heterocycles. The third-order valence-corrected chi connectivity index (χ3v) is 2.11. The van der Waals surface area contributed by atoms with Gasteiger partial charge in [-0.15, -0.1) is 0 Å². The summed E-state index contributed by atoms with van der Waals surface area (Å²) in [6, 6.07) is 9.93. The van der Waals surface area contributed by atoms with Gasteiger partial charge in [-0.2, -0.15) is 0 Å². The van der Waals surface area contributed by atoms with E-state index in [0.29, 0.717) is 12.0 Å². The fourth-order valence-electron chi connectivity index (χ4n) is 1.20. The van der Waals surface area contributed by atoms with Crippen LogP contribution in [0.5, 0.6) is 0 Å². The number of allylic oxidation sites excluding steroid dienone is 2. The summed E-state index contributed by atoms with van der Waals surface area (Å²) in [5.41, 5.74) is 2.47. The maximum Gasteiger partial charge on any atom is 0.159 e. The van der Waals surface area contributed by atoms with Crippen LogP contribution in [0.15, 0.2) is 54.6 Å². The molecule has 0 bridgehead atoms. The molecule has 0 N–H and O–H groups in total. The van der Waals surface area contributed by atoms with Crippen molar-refractivity contribution in [2.75, 3.05) is 0 Å². The van der Waals surface area contributed by atoms with Crippen molar-refractivity contribution in [2.45, 2.75) is 13.3 Å². The van der Waals surface area contributed by atoms with E-state index >= 15 is 0 Å². The normalized spacial score (nSPS) is 9.50. The van der Waals surface area contributed by atoms with Gasteiger partial charge < -0.3 is 0 Å². The first-order valence-electron chi connectivity index (χ1n) is 4.53. The molecule has 72 valence electrons. The predicted molar refractivity (Wildman–Crippen MR) is 59.1 cm³/mol. The van der Waals surface area contributed by atoms with E-state index in [2.05, 4.69) is 13.2 Å². The lowest BCUT2D eigenvalue weighted by Crippen LogP contribution is -2.00. The van der Waals surface area contributed by atoms with Crippen molar-refractivity contribution in [2.24, 2.45) is 0 Å². The number of carbonyl (C=O) groups is 1. The Morgan fingerprint density at radius 3 is 2.29 bits per heavy atom. The maximum atomic E-state index is 11.0. The highest BCUT2D eigenvalue weighted by Gasteiger charge is 2.05. The molecule has 0 saturated carbocycles. The smallest absolute Gasteiger partial charge is 0.159 e. The fourth-order valence-corrected chi connectivity index (χ4v) is 1.20. The van der Waals surface area contributed by atoms with Crippen LogP contribution >= 0.6 is 0 Å². The molecule has 0 aliphatic heterocycles. The Morgan fingerprint density at radius 1 is 1.21 bits per heavy atom. The number of ketones is 1. The lowest BCUT2D eigenvalue weighted by Gasteiger charge is -2.05. The van der Waals surface area contributed by atoms with Crippen molar-refractivity contribution in [1.29, 1.82) is 0 Å². The van der Waals surface area contributed by atoms with Gasteiger partial charge in [-0.25, -0.2) is 0 Å². The van der Waals surface area contributed by atoms with Crippen molar-refractivity contribution >= 4 is 5.78 Å². The highest BCUT2D eigenvalue weighted by atomic mass is 16.1. The van der Waals surface area contributed by atoms with Gasteiger partial charge in [0, 0.05) is 5.57 Å². The number of hydrogen-bond donors (Lipinski definition) is 0. The Balaban J connectivity index is 2.67. The molecule has 0 aliphatic carbocycles. The maximum absolute atomic E-state index is 11.0. The largest absolute Gasteiger partial charge is 0.295 e. The third kappa shape index (κ3) is 2.70. The number of benzene rings is 1. The summed E-state index contributed by atoms with van der Waals surface area (Å²) in [6.45, 7) is 9.06. The average Bonchev–Trinajstić information content (AvgIpc) is 2.18. The van der Waals surface area contributed by atoms with Crippen LogP contribution in [0.2, 0.25) is 0 Å². The van der Waals surface area contributed by atoms with Crippen LogP contribution in [0.1, 0.15) is 12.5 Å². The molecule has 0 aliphatic rings. The SMILES string of the molecule is C=C(Cc1ccccc1)C(=C)C(C)=O. The van der Waals surface area contributed by atoms with Gasteiger partial charge in [0.05, 0.1) is 0 Å². The quantitative estimate of drug-likeness (QED) is 0.522. The first kappa shape index (κ1) is 10.5. The lowest BCUT2D eigenvalue weighted by molar-refractivity contribution is -0.113. The second kappa shape index (κ2) is 4.56. The highest BCUT2D eigenvalue weighted by Crippen LogP contribution is 2.13. The molecule has 1 aromatic carbocycles. The predicted octanol–water partition coefficient (Wildman–Crippen LogP) is 2.93. The van der Waals surface area contributed by atoms with Gasteiger partial charge in [-0.1, -0.05) is 43.5 Å². The van der Waals surface area contributed by atoms with Crippen molar-refractivity contribution in [3.63, 3.8) is 0 Å². The summed E-state index contributed by atoms with van der Waals surface area (Å²) in [5, 5.41) is 0. The number of hydrogen-bond acceptors (Lipinski definition) is 1. The molecular formula is C13H14O. The highest BCUT2D eigenvalue weighted by molar-refractivity contribution is 5.96. The molecule has 14 heavy (non-hydrogen) atoms. The molecule has 0 spiro atoms. The summed E-state index contributed by atoms with van der Waals surface area (Å²) in [7, 11) is 0. The molecular weight excluding hydrogens is 172 g/mol. The van der Waals surface area contributed by atoms with Crippen LogP contribution in [-0.2, 0) is 11.2 Å². The molecule has 1 rings (SSSR count). The van der Waals surface area contributed by atoms with Crippen LogP contribution in [0.25, 0.3) is 0 Å². The van der Waals surface area contributed by atoms with Gasteiger partial charge in [-0.05, 0) is 24.5 Å². The minimum atomic E-state index is -0.00840. The fraction of sp³-hybridized carbons (Fsp3) is 0.154. The van der Waals surface area contributed by atoms with Gasteiger partial charge in [-0.3, -0.25) is 4.79 Å². The van der Waals surface area contributed by atoms with Crippen molar-refractivity contribution < 1.29 is 4.79 Å². The second-order valence-electron chi connectivity index (χ2n) is 3.30. The van der Waals surface area contributed by atoms with E-state index in [1.54, 1.807) is 0 Å². The summed E-state index contributed by atoms with van der Waals surface area (Å²) in [5.74, 6) is -0.00840. The zero-order valence-corrected chi connectivity index (χ0v) is 8.42. The van der Waals surface area contributed by atoms with Crippen LogP contribution in [0.4, 0.5) is 0 Å². The van der Waals surface area contributed by atoms with Crippen molar-refractivity contribution in [1.82, 2.24) is 0 Å². The van der Waals surface area contributed by atoms with Crippen LogP contribution in [0, 0.1) is 0 Å². The van der Waals surface area contributed by atoms with E-state index in [-0.39, 0.29) is 5.78 Å². The number of carbonyl (C=O) groups excluding carboxylic acids is 1. The lowest BCUT2D eigenvalue weighted by atomic mass is 9.99. The van der Waals surface area contributed by atoms with Crippen LogP contribution < -0.4 is 0 Å². The molecule has 0 aromatic heterocycles.